The molecule has 3 aliphatic rings. The maximum Gasteiger partial charge on any atom is 0.245 e. The van der Waals surface area contributed by atoms with E-state index in [1.807, 2.05) is 4.90 Å². The van der Waals surface area contributed by atoms with E-state index >= 15 is 0 Å². The highest BCUT2D eigenvalue weighted by Crippen LogP contribution is 2.29. The van der Waals surface area contributed by atoms with Crippen LogP contribution < -0.4 is 0 Å². The van der Waals surface area contributed by atoms with Gasteiger partial charge in [0.1, 0.15) is 10.7 Å². The van der Waals surface area contributed by atoms with Gasteiger partial charge in [-0.05, 0) is 37.8 Å². The van der Waals surface area contributed by atoms with Gasteiger partial charge in [-0.1, -0.05) is 12.1 Å². The Balaban J connectivity index is 1.33. The third-order valence-electron chi connectivity index (χ3n) is 5.95. The second-order valence-electron chi connectivity index (χ2n) is 7.70. The zero-order valence-electron chi connectivity index (χ0n) is 15.4. The lowest BCUT2D eigenvalue weighted by Gasteiger charge is -2.38. The van der Waals surface area contributed by atoms with Crippen LogP contribution in [0.2, 0.25) is 0 Å². The molecule has 148 valence electrons. The summed E-state index contributed by atoms with van der Waals surface area (Å²) < 4.78 is 40.6. The first kappa shape index (κ1) is 18.8. The number of hydrogen-bond acceptors (Lipinski definition) is 4. The molecule has 27 heavy (non-hydrogen) atoms. The number of carbonyl (C=O) groups is 1. The first-order chi connectivity index (χ1) is 13.0. The minimum Gasteiger partial charge on any atom is -0.340 e. The summed E-state index contributed by atoms with van der Waals surface area (Å²) in [6.45, 7) is 3.93. The molecular formula is C19H26FN3O3S. The summed E-state index contributed by atoms with van der Waals surface area (Å²) in [6, 6.07) is 6.18. The molecule has 1 aromatic rings. The van der Waals surface area contributed by atoms with Crippen molar-refractivity contribution in [3.05, 3.63) is 30.1 Å². The fourth-order valence-corrected chi connectivity index (χ4v) is 5.68. The van der Waals surface area contributed by atoms with Crippen molar-refractivity contribution in [2.45, 2.75) is 36.6 Å². The highest BCUT2D eigenvalue weighted by molar-refractivity contribution is 7.89. The highest BCUT2D eigenvalue weighted by Gasteiger charge is 2.37. The molecule has 4 rings (SSSR count). The van der Waals surface area contributed by atoms with Crippen LogP contribution in [0.1, 0.15) is 25.7 Å². The lowest BCUT2D eigenvalue weighted by Crippen LogP contribution is -2.52. The van der Waals surface area contributed by atoms with Crippen molar-refractivity contribution in [1.29, 1.82) is 0 Å². The van der Waals surface area contributed by atoms with Crippen molar-refractivity contribution in [3.8, 4) is 0 Å². The molecule has 3 fully saturated rings. The molecule has 1 amide bonds. The van der Waals surface area contributed by atoms with Crippen molar-refractivity contribution >= 4 is 15.9 Å². The molecule has 0 unspecified atom stereocenters. The zero-order chi connectivity index (χ0) is 19.0. The maximum atomic E-state index is 13.9. The van der Waals surface area contributed by atoms with Gasteiger partial charge in [0.05, 0.1) is 0 Å². The lowest BCUT2D eigenvalue weighted by atomic mass is 9.96. The molecule has 8 heteroatoms. The molecule has 2 saturated heterocycles. The molecule has 1 aromatic carbocycles. The van der Waals surface area contributed by atoms with Crippen molar-refractivity contribution in [1.82, 2.24) is 14.1 Å². The molecule has 0 radical (unpaired) electrons. The van der Waals surface area contributed by atoms with E-state index in [0.29, 0.717) is 12.8 Å². The average Bonchev–Trinajstić information content (AvgIpc) is 3.53. The molecule has 6 nitrogen and oxygen atoms in total. The number of amides is 1. The summed E-state index contributed by atoms with van der Waals surface area (Å²) >= 11 is 0. The van der Waals surface area contributed by atoms with E-state index in [9.17, 15) is 17.6 Å². The van der Waals surface area contributed by atoms with Crippen LogP contribution >= 0.6 is 0 Å². The summed E-state index contributed by atoms with van der Waals surface area (Å²) in [5.74, 6) is -0.720. The summed E-state index contributed by atoms with van der Waals surface area (Å²) in [5.41, 5.74) is 0. The smallest absolute Gasteiger partial charge is 0.245 e. The summed E-state index contributed by atoms with van der Waals surface area (Å²) in [7, 11) is -3.85. The monoisotopic (exact) mass is 395 g/mol. The first-order valence-corrected chi connectivity index (χ1v) is 11.2. The van der Waals surface area contributed by atoms with Crippen molar-refractivity contribution in [2.24, 2.45) is 5.92 Å². The lowest BCUT2D eigenvalue weighted by molar-refractivity contribution is -0.138. The topological polar surface area (TPSA) is 60.9 Å². The Bertz CT molecular complexity index is 796. The third kappa shape index (κ3) is 3.88. The van der Waals surface area contributed by atoms with Gasteiger partial charge >= 0.3 is 0 Å². The van der Waals surface area contributed by atoms with Gasteiger partial charge in [-0.2, -0.15) is 4.31 Å². The zero-order valence-corrected chi connectivity index (χ0v) is 16.2. The second kappa shape index (κ2) is 7.48. The average molecular weight is 396 g/mol. The van der Waals surface area contributed by atoms with E-state index in [-0.39, 0.29) is 29.8 Å². The normalized spacial score (nSPS) is 23.5. The number of nitrogens with zero attached hydrogens (tertiary/aromatic N) is 3. The van der Waals surface area contributed by atoms with Crippen LogP contribution in [0.4, 0.5) is 4.39 Å². The number of rotatable bonds is 4. The quantitative estimate of drug-likeness (QED) is 0.776. The SMILES string of the molecule is O=C(C1CCN(S(=O)(=O)c2ccccc2F)CC1)N1CCN(C2CC2)CC1. The molecule has 0 bridgehead atoms. The van der Waals surface area contributed by atoms with E-state index < -0.39 is 15.8 Å². The molecule has 0 N–H and O–H groups in total. The van der Waals surface area contributed by atoms with Gasteiger partial charge in [-0.3, -0.25) is 9.69 Å². The molecule has 0 atom stereocenters. The van der Waals surface area contributed by atoms with E-state index in [2.05, 4.69) is 4.90 Å². The van der Waals surface area contributed by atoms with Gasteiger partial charge in [0.2, 0.25) is 15.9 Å². The number of carbonyl (C=O) groups excluding carboxylic acids is 1. The Kier molecular flexibility index (Phi) is 5.22. The molecule has 2 heterocycles. The predicted octanol–water partition coefficient (Wildman–Crippen LogP) is 1.53. The summed E-state index contributed by atoms with van der Waals surface area (Å²) in [6.07, 6.45) is 3.55. The number of benzene rings is 1. The third-order valence-corrected chi connectivity index (χ3v) is 7.88. The van der Waals surface area contributed by atoms with Gasteiger partial charge in [0, 0.05) is 51.2 Å². The number of piperidine rings is 1. The molecular weight excluding hydrogens is 369 g/mol. The number of hydrogen-bond donors (Lipinski definition) is 0. The van der Waals surface area contributed by atoms with Crippen LogP contribution in [0.3, 0.4) is 0 Å². The number of piperazine rings is 1. The van der Waals surface area contributed by atoms with Crippen LogP contribution in [0.15, 0.2) is 29.2 Å². The highest BCUT2D eigenvalue weighted by atomic mass is 32.2. The van der Waals surface area contributed by atoms with Gasteiger partial charge in [0.15, 0.2) is 0 Å². The first-order valence-electron chi connectivity index (χ1n) is 9.74. The van der Waals surface area contributed by atoms with Crippen LogP contribution in [0, 0.1) is 11.7 Å². The number of halogens is 1. The Hall–Kier alpha value is -1.51. The Morgan fingerprint density at radius 2 is 1.56 bits per heavy atom. The Labute approximate surface area is 160 Å². The maximum absolute atomic E-state index is 13.9. The fourth-order valence-electron chi connectivity index (χ4n) is 4.14. The van der Waals surface area contributed by atoms with Gasteiger partial charge in [-0.15, -0.1) is 0 Å². The van der Waals surface area contributed by atoms with Crippen LogP contribution in [-0.4, -0.2) is 73.7 Å². The van der Waals surface area contributed by atoms with Gasteiger partial charge in [-0.25, -0.2) is 12.8 Å². The standard InChI is InChI=1S/C19H26FN3O3S/c20-17-3-1-2-4-18(17)27(25,26)23-9-7-15(8-10-23)19(24)22-13-11-21(12-14-22)16-5-6-16/h1-4,15-16H,5-14H2. The van der Waals surface area contributed by atoms with Crippen LogP contribution in [-0.2, 0) is 14.8 Å². The van der Waals surface area contributed by atoms with Crippen molar-refractivity contribution < 1.29 is 17.6 Å². The second-order valence-corrected chi connectivity index (χ2v) is 9.61. The van der Waals surface area contributed by atoms with E-state index in [1.54, 1.807) is 0 Å². The van der Waals surface area contributed by atoms with E-state index in [1.165, 1.54) is 35.3 Å². The molecule has 0 spiro atoms. The van der Waals surface area contributed by atoms with E-state index in [4.69, 9.17) is 0 Å². The predicted molar refractivity (Wildman–Crippen MR) is 99.1 cm³/mol. The van der Waals surface area contributed by atoms with E-state index in [0.717, 1.165) is 38.3 Å². The minimum atomic E-state index is -3.85. The Morgan fingerprint density at radius 3 is 2.15 bits per heavy atom. The Morgan fingerprint density at radius 1 is 0.926 bits per heavy atom. The number of sulfonamides is 1. The molecule has 2 aliphatic heterocycles. The van der Waals surface area contributed by atoms with Crippen molar-refractivity contribution in [2.75, 3.05) is 39.3 Å². The molecule has 0 aromatic heterocycles. The van der Waals surface area contributed by atoms with Crippen molar-refractivity contribution in [3.63, 3.8) is 0 Å². The summed E-state index contributed by atoms with van der Waals surface area (Å²) in [4.78, 5) is 16.9. The minimum absolute atomic E-state index is 0.135. The van der Waals surface area contributed by atoms with Gasteiger partial charge in [0.25, 0.3) is 0 Å². The van der Waals surface area contributed by atoms with Crippen LogP contribution in [0.5, 0.6) is 0 Å². The summed E-state index contributed by atoms with van der Waals surface area (Å²) in [5, 5.41) is 0. The largest absolute Gasteiger partial charge is 0.340 e. The molecule has 1 aliphatic carbocycles. The molecule has 1 saturated carbocycles. The van der Waals surface area contributed by atoms with Gasteiger partial charge < -0.3 is 4.90 Å². The fraction of sp³-hybridized carbons (Fsp3) is 0.632. The van der Waals surface area contributed by atoms with Crippen LogP contribution in [0.25, 0.3) is 0 Å².